The Kier molecular flexibility index (Phi) is 3.62. The molecule has 0 spiro atoms. The number of hydrogen-bond donors (Lipinski definition) is 1. The second-order valence-corrected chi connectivity index (χ2v) is 4.46. The minimum atomic E-state index is 0.0684. The Morgan fingerprint density at radius 2 is 2.12 bits per heavy atom. The molecule has 0 fully saturated rings. The number of halogens is 1. The van der Waals surface area contributed by atoms with Crippen LogP contribution in [0.2, 0.25) is 5.02 Å². The van der Waals surface area contributed by atoms with E-state index in [1.165, 1.54) is 0 Å². The summed E-state index contributed by atoms with van der Waals surface area (Å²) >= 11 is 5.76. The topological polar surface area (TPSA) is 29.1 Å². The van der Waals surface area contributed by atoms with Crippen LogP contribution < -0.4 is 5.32 Å². The van der Waals surface area contributed by atoms with Crippen molar-refractivity contribution in [1.29, 1.82) is 0 Å². The number of carbonyl (C=O) groups is 1. The third kappa shape index (κ3) is 3.11. The van der Waals surface area contributed by atoms with Crippen LogP contribution in [0.5, 0.6) is 0 Å². The van der Waals surface area contributed by atoms with Crippen LogP contribution in [0.25, 0.3) is 0 Å². The minimum Gasteiger partial charge on any atom is -0.326 e. The lowest BCUT2D eigenvalue weighted by Gasteiger charge is -2.08. The second-order valence-electron chi connectivity index (χ2n) is 4.02. The zero-order valence-electron chi connectivity index (χ0n) is 8.95. The monoisotopic (exact) mass is 235 g/mol. The Morgan fingerprint density at radius 1 is 1.38 bits per heavy atom. The molecule has 1 atom stereocenters. The number of rotatable bonds is 3. The van der Waals surface area contributed by atoms with Crippen molar-refractivity contribution in [2.75, 3.05) is 5.32 Å². The molecule has 2 nitrogen and oxygen atoms in total. The van der Waals surface area contributed by atoms with Crippen LogP contribution in [-0.2, 0) is 4.79 Å². The lowest BCUT2D eigenvalue weighted by Crippen LogP contribution is -2.14. The second kappa shape index (κ2) is 5.17. The predicted molar refractivity (Wildman–Crippen MR) is 66.6 cm³/mol. The Labute approximate surface area is 100 Å². The average Bonchev–Trinajstić information content (AvgIpc) is 2.74. The number of nitrogens with one attached hydrogen (secondary N) is 1. The van der Waals surface area contributed by atoms with Crippen LogP contribution in [0.4, 0.5) is 5.69 Å². The van der Waals surface area contributed by atoms with Crippen molar-refractivity contribution in [3.63, 3.8) is 0 Å². The summed E-state index contributed by atoms with van der Waals surface area (Å²) < 4.78 is 0. The van der Waals surface area contributed by atoms with Gasteiger partial charge in [-0.05, 0) is 43.0 Å². The molecule has 1 aliphatic carbocycles. The highest BCUT2D eigenvalue weighted by molar-refractivity contribution is 6.30. The Morgan fingerprint density at radius 3 is 2.75 bits per heavy atom. The zero-order chi connectivity index (χ0) is 11.4. The van der Waals surface area contributed by atoms with Crippen molar-refractivity contribution in [2.45, 2.75) is 19.3 Å². The number of benzene rings is 1. The summed E-state index contributed by atoms with van der Waals surface area (Å²) in [6.45, 7) is 0. The molecule has 84 valence electrons. The molecule has 1 amide bonds. The number of anilines is 1. The van der Waals surface area contributed by atoms with Crippen molar-refractivity contribution in [3.05, 3.63) is 41.4 Å². The van der Waals surface area contributed by atoms with E-state index in [1.807, 2.05) is 12.1 Å². The number of hydrogen-bond acceptors (Lipinski definition) is 1. The lowest BCUT2D eigenvalue weighted by atomic mass is 10.1. The fourth-order valence-corrected chi connectivity index (χ4v) is 1.97. The smallest absolute Gasteiger partial charge is 0.224 e. The van der Waals surface area contributed by atoms with E-state index >= 15 is 0 Å². The first-order chi connectivity index (χ1) is 7.74. The van der Waals surface area contributed by atoms with Crippen LogP contribution in [0.1, 0.15) is 19.3 Å². The van der Waals surface area contributed by atoms with Gasteiger partial charge in [-0.1, -0.05) is 23.8 Å². The lowest BCUT2D eigenvalue weighted by molar-refractivity contribution is -0.116. The maximum absolute atomic E-state index is 11.7. The summed E-state index contributed by atoms with van der Waals surface area (Å²) in [7, 11) is 0. The molecule has 3 heteroatoms. The van der Waals surface area contributed by atoms with Crippen molar-refractivity contribution >= 4 is 23.2 Å². The van der Waals surface area contributed by atoms with E-state index in [9.17, 15) is 4.79 Å². The van der Waals surface area contributed by atoms with Crippen molar-refractivity contribution in [1.82, 2.24) is 0 Å². The summed E-state index contributed by atoms with van der Waals surface area (Å²) in [5, 5.41) is 3.54. The van der Waals surface area contributed by atoms with Gasteiger partial charge in [0.2, 0.25) is 5.91 Å². The van der Waals surface area contributed by atoms with Gasteiger partial charge >= 0.3 is 0 Å². The van der Waals surface area contributed by atoms with Gasteiger partial charge in [0.25, 0.3) is 0 Å². The van der Waals surface area contributed by atoms with Crippen LogP contribution in [0, 0.1) is 5.92 Å². The van der Waals surface area contributed by atoms with Gasteiger partial charge in [-0.3, -0.25) is 4.79 Å². The maximum Gasteiger partial charge on any atom is 0.224 e. The molecule has 1 N–H and O–H groups in total. The maximum atomic E-state index is 11.7. The van der Waals surface area contributed by atoms with Crippen LogP contribution in [-0.4, -0.2) is 5.91 Å². The standard InChI is InChI=1S/C13H14ClNO/c14-11-5-7-12(8-6-11)15-13(16)9-10-3-1-2-4-10/h1,3,5-8,10H,2,4,9H2,(H,15,16)/t10-/m0/s1. The quantitative estimate of drug-likeness (QED) is 0.797. The number of carbonyl (C=O) groups excluding carboxylic acids is 1. The highest BCUT2D eigenvalue weighted by atomic mass is 35.5. The molecule has 0 saturated carbocycles. The Hall–Kier alpha value is -1.28. The van der Waals surface area contributed by atoms with Gasteiger partial charge in [0.05, 0.1) is 0 Å². The van der Waals surface area contributed by atoms with E-state index < -0.39 is 0 Å². The van der Waals surface area contributed by atoms with Gasteiger partial charge in [-0.15, -0.1) is 0 Å². The van der Waals surface area contributed by atoms with Crippen LogP contribution >= 0.6 is 11.6 Å². The van der Waals surface area contributed by atoms with Crippen molar-refractivity contribution in [2.24, 2.45) is 5.92 Å². The molecule has 0 aromatic heterocycles. The summed E-state index contributed by atoms with van der Waals surface area (Å²) in [4.78, 5) is 11.7. The van der Waals surface area contributed by atoms with Gasteiger partial charge in [0.15, 0.2) is 0 Å². The Balaban J connectivity index is 1.86. The molecular weight excluding hydrogens is 222 g/mol. The molecule has 0 unspecified atom stereocenters. The molecule has 1 aromatic rings. The molecule has 2 rings (SSSR count). The third-order valence-corrected chi connectivity index (χ3v) is 2.94. The fourth-order valence-electron chi connectivity index (χ4n) is 1.85. The van der Waals surface area contributed by atoms with Crippen molar-refractivity contribution in [3.8, 4) is 0 Å². The van der Waals surface area contributed by atoms with Gasteiger partial charge < -0.3 is 5.32 Å². The molecule has 0 saturated heterocycles. The van der Waals surface area contributed by atoms with Gasteiger partial charge in [0, 0.05) is 17.1 Å². The van der Waals surface area contributed by atoms with Gasteiger partial charge in [0.1, 0.15) is 0 Å². The van der Waals surface area contributed by atoms with Gasteiger partial charge in [-0.25, -0.2) is 0 Å². The predicted octanol–water partition coefficient (Wildman–Crippen LogP) is 3.63. The highest BCUT2D eigenvalue weighted by Crippen LogP contribution is 2.21. The van der Waals surface area contributed by atoms with E-state index in [2.05, 4.69) is 17.5 Å². The molecule has 1 aromatic carbocycles. The average molecular weight is 236 g/mol. The van der Waals surface area contributed by atoms with Gasteiger partial charge in [-0.2, -0.15) is 0 Å². The largest absolute Gasteiger partial charge is 0.326 e. The number of allylic oxidation sites excluding steroid dienone is 2. The summed E-state index contributed by atoms with van der Waals surface area (Å²) in [6, 6.07) is 7.16. The summed E-state index contributed by atoms with van der Waals surface area (Å²) in [5.41, 5.74) is 0.802. The molecule has 16 heavy (non-hydrogen) atoms. The van der Waals surface area contributed by atoms with E-state index in [0.29, 0.717) is 17.4 Å². The Bertz CT molecular complexity index is 397. The van der Waals surface area contributed by atoms with E-state index in [1.54, 1.807) is 12.1 Å². The van der Waals surface area contributed by atoms with Crippen LogP contribution in [0.3, 0.4) is 0 Å². The first-order valence-electron chi connectivity index (χ1n) is 5.46. The first kappa shape index (κ1) is 11.2. The molecule has 0 aliphatic heterocycles. The summed E-state index contributed by atoms with van der Waals surface area (Å²) in [6.07, 6.45) is 7.02. The SMILES string of the molecule is O=C(C[C@H]1C=CCC1)Nc1ccc(Cl)cc1. The molecule has 1 aliphatic rings. The van der Waals surface area contributed by atoms with Crippen molar-refractivity contribution < 1.29 is 4.79 Å². The number of amides is 1. The zero-order valence-corrected chi connectivity index (χ0v) is 9.70. The highest BCUT2D eigenvalue weighted by Gasteiger charge is 2.13. The van der Waals surface area contributed by atoms with E-state index in [-0.39, 0.29) is 5.91 Å². The normalized spacial score (nSPS) is 18.7. The molecule has 0 bridgehead atoms. The molecule has 0 heterocycles. The first-order valence-corrected chi connectivity index (χ1v) is 5.84. The fraction of sp³-hybridized carbons (Fsp3) is 0.308. The van der Waals surface area contributed by atoms with Crippen LogP contribution in [0.15, 0.2) is 36.4 Å². The van der Waals surface area contributed by atoms with E-state index in [0.717, 1.165) is 18.5 Å². The molecule has 0 radical (unpaired) electrons. The van der Waals surface area contributed by atoms with E-state index in [4.69, 9.17) is 11.6 Å². The molecular formula is C13H14ClNO. The third-order valence-electron chi connectivity index (χ3n) is 2.69. The summed E-state index contributed by atoms with van der Waals surface area (Å²) in [5.74, 6) is 0.478. The minimum absolute atomic E-state index is 0.0684.